The van der Waals surface area contributed by atoms with E-state index in [1.165, 1.54) is 5.56 Å². The molecule has 2 nitrogen and oxygen atoms in total. The normalized spacial score (nSPS) is 14.1. The molecule has 0 aliphatic carbocycles. The minimum absolute atomic E-state index is 0.868. The molecule has 0 bridgehead atoms. The van der Waals surface area contributed by atoms with Gasteiger partial charge in [-0.2, -0.15) is 0 Å². The molecular weight excluding hydrogens is 136 g/mol. The fourth-order valence-corrected chi connectivity index (χ4v) is 1.25. The smallest absolute Gasteiger partial charge is 0.0587 e. The van der Waals surface area contributed by atoms with Gasteiger partial charge in [0, 0.05) is 24.8 Å². The molecule has 0 aromatic carbocycles. The SMILES string of the molecule is C#Cc1cnc2c(c1)CNC2. The molecule has 1 N–H and O–H groups in total. The fraction of sp³-hybridized carbons (Fsp3) is 0.222. The third kappa shape index (κ3) is 0.997. The summed E-state index contributed by atoms with van der Waals surface area (Å²) in [5.41, 5.74) is 3.23. The Kier molecular flexibility index (Phi) is 1.38. The number of fused-ring (bicyclic) bond motifs is 1. The van der Waals surface area contributed by atoms with Gasteiger partial charge in [-0.1, -0.05) is 5.92 Å². The number of nitrogens with one attached hydrogen (secondary N) is 1. The maximum Gasteiger partial charge on any atom is 0.0587 e. The highest BCUT2D eigenvalue weighted by Crippen LogP contribution is 2.12. The Labute approximate surface area is 65.7 Å². The van der Waals surface area contributed by atoms with Gasteiger partial charge < -0.3 is 5.32 Å². The van der Waals surface area contributed by atoms with Crippen LogP contribution in [-0.4, -0.2) is 4.98 Å². The van der Waals surface area contributed by atoms with Gasteiger partial charge >= 0.3 is 0 Å². The van der Waals surface area contributed by atoms with Gasteiger partial charge in [-0.05, 0) is 11.6 Å². The molecule has 0 amide bonds. The van der Waals surface area contributed by atoms with Crippen molar-refractivity contribution < 1.29 is 0 Å². The molecule has 1 aromatic rings. The van der Waals surface area contributed by atoms with Gasteiger partial charge in [0.05, 0.1) is 5.69 Å². The Hall–Kier alpha value is -1.33. The topological polar surface area (TPSA) is 24.9 Å². The largest absolute Gasteiger partial charge is 0.307 e. The fourth-order valence-electron chi connectivity index (χ4n) is 1.25. The van der Waals surface area contributed by atoms with Gasteiger partial charge in [0.2, 0.25) is 0 Å². The molecule has 0 saturated heterocycles. The second-order valence-corrected chi connectivity index (χ2v) is 2.58. The van der Waals surface area contributed by atoms with Crippen molar-refractivity contribution in [3.63, 3.8) is 0 Å². The number of hydrogen-bond donors (Lipinski definition) is 1. The average Bonchev–Trinajstić information content (AvgIpc) is 2.50. The van der Waals surface area contributed by atoms with Crippen LogP contribution in [-0.2, 0) is 13.1 Å². The molecule has 0 fully saturated rings. The minimum Gasteiger partial charge on any atom is -0.307 e. The lowest BCUT2D eigenvalue weighted by molar-refractivity contribution is 0.757. The lowest BCUT2D eigenvalue weighted by Gasteiger charge is -1.95. The summed E-state index contributed by atoms with van der Waals surface area (Å²) in [6.07, 6.45) is 6.98. The van der Waals surface area contributed by atoms with Crippen LogP contribution in [0.2, 0.25) is 0 Å². The van der Waals surface area contributed by atoms with Crippen LogP contribution < -0.4 is 5.32 Å². The Balaban J connectivity index is 2.51. The summed E-state index contributed by atoms with van der Waals surface area (Å²) in [5, 5.41) is 3.21. The number of terminal acetylenes is 1. The zero-order chi connectivity index (χ0) is 7.68. The van der Waals surface area contributed by atoms with E-state index in [9.17, 15) is 0 Å². The van der Waals surface area contributed by atoms with E-state index >= 15 is 0 Å². The Morgan fingerprint density at radius 2 is 2.45 bits per heavy atom. The molecule has 0 saturated carbocycles. The standard InChI is InChI=1S/C9H8N2/c1-2-7-3-8-5-10-6-9(8)11-4-7/h1,3-4,10H,5-6H2. The predicted octanol–water partition coefficient (Wildman–Crippen LogP) is 0.666. The summed E-state index contributed by atoms with van der Waals surface area (Å²) >= 11 is 0. The van der Waals surface area contributed by atoms with Gasteiger partial charge in [0.1, 0.15) is 0 Å². The van der Waals surface area contributed by atoms with Crippen LogP contribution in [0.3, 0.4) is 0 Å². The quantitative estimate of drug-likeness (QED) is 0.541. The van der Waals surface area contributed by atoms with Gasteiger partial charge in [0.25, 0.3) is 0 Å². The highest BCUT2D eigenvalue weighted by Gasteiger charge is 2.10. The van der Waals surface area contributed by atoms with E-state index in [1.54, 1.807) is 6.20 Å². The van der Waals surface area contributed by atoms with Crippen molar-refractivity contribution in [2.75, 3.05) is 0 Å². The van der Waals surface area contributed by atoms with Crippen LogP contribution in [0.4, 0.5) is 0 Å². The molecule has 0 unspecified atom stereocenters. The first-order valence-corrected chi connectivity index (χ1v) is 3.55. The monoisotopic (exact) mass is 144 g/mol. The number of nitrogens with zero attached hydrogens (tertiary/aromatic N) is 1. The van der Waals surface area contributed by atoms with Crippen LogP contribution in [0.15, 0.2) is 12.3 Å². The van der Waals surface area contributed by atoms with Crippen molar-refractivity contribution in [2.45, 2.75) is 13.1 Å². The molecule has 1 aliphatic rings. The van der Waals surface area contributed by atoms with Gasteiger partial charge in [-0.25, -0.2) is 0 Å². The summed E-state index contributed by atoms with van der Waals surface area (Å²) < 4.78 is 0. The number of hydrogen-bond acceptors (Lipinski definition) is 2. The van der Waals surface area contributed by atoms with Crippen molar-refractivity contribution in [3.05, 3.63) is 29.1 Å². The van der Waals surface area contributed by atoms with Gasteiger partial charge in [0.15, 0.2) is 0 Å². The van der Waals surface area contributed by atoms with Gasteiger partial charge in [-0.15, -0.1) is 6.42 Å². The van der Waals surface area contributed by atoms with Crippen molar-refractivity contribution in [1.82, 2.24) is 10.3 Å². The lowest BCUT2D eigenvalue weighted by Crippen LogP contribution is -2.00. The van der Waals surface area contributed by atoms with E-state index in [4.69, 9.17) is 6.42 Å². The summed E-state index contributed by atoms with van der Waals surface area (Å²) in [4.78, 5) is 4.23. The maximum absolute atomic E-state index is 5.23. The molecule has 0 spiro atoms. The number of aromatic nitrogens is 1. The molecule has 0 radical (unpaired) electrons. The predicted molar refractivity (Wildman–Crippen MR) is 42.7 cm³/mol. The minimum atomic E-state index is 0.868. The van der Waals surface area contributed by atoms with Crippen molar-refractivity contribution in [3.8, 4) is 12.3 Å². The summed E-state index contributed by atoms with van der Waals surface area (Å²) in [5.74, 6) is 2.57. The van der Waals surface area contributed by atoms with E-state index < -0.39 is 0 Å². The highest BCUT2D eigenvalue weighted by molar-refractivity contribution is 5.36. The highest BCUT2D eigenvalue weighted by atomic mass is 14.9. The third-order valence-corrected chi connectivity index (χ3v) is 1.83. The maximum atomic E-state index is 5.23. The zero-order valence-corrected chi connectivity index (χ0v) is 6.09. The van der Waals surface area contributed by atoms with E-state index in [0.29, 0.717) is 0 Å². The number of pyridine rings is 1. The molecule has 2 rings (SSSR count). The van der Waals surface area contributed by atoms with Crippen LogP contribution in [0.5, 0.6) is 0 Å². The first-order chi connectivity index (χ1) is 5.40. The van der Waals surface area contributed by atoms with Crippen LogP contribution in [0.1, 0.15) is 16.8 Å². The number of rotatable bonds is 0. The summed E-state index contributed by atoms with van der Waals surface area (Å²) in [6, 6.07) is 2.02. The van der Waals surface area contributed by atoms with E-state index in [-0.39, 0.29) is 0 Å². The molecular formula is C9H8N2. The van der Waals surface area contributed by atoms with E-state index in [2.05, 4.69) is 16.2 Å². The first-order valence-electron chi connectivity index (χ1n) is 3.55. The van der Waals surface area contributed by atoms with E-state index in [0.717, 1.165) is 24.3 Å². The molecule has 2 heterocycles. The van der Waals surface area contributed by atoms with Crippen molar-refractivity contribution in [2.24, 2.45) is 0 Å². The van der Waals surface area contributed by atoms with Crippen LogP contribution in [0.25, 0.3) is 0 Å². The van der Waals surface area contributed by atoms with Crippen LogP contribution >= 0.6 is 0 Å². The Bertz CT molecular complexity index is 323. The van der Waals surface area contributed by atoms with E-state index in [1.807, 2.05) is 6.07 Å². The van der Waals surface area contributed by atoms with Crippen molar-refractivity contribution >= 4 is 0 Å². The zero-order valence-electron chi connectivity index (χ0n) is 6.09. The molecule has 1 aromatic heterocycles. The summed E-state index contributed by atoms with van der Waals surface area (Å²) in [6.45, 7) is 1.78. The van der Waals surface area contributed by atoms with Crippen molar-refractivity contribution in [1.29, 1.82) is 0 Å². The lowest BCUT2D eigenvalue weighted by atomic mass is 10.2. The second kappa shape index (κ2) is 2.37. The molecule has 2 heteroatoms. The first kappa shape index (κ1) is 6.38. The summed E-state index contributed by atoms with van der Waals surface area (Å²) in [7, 11) is 0. The average molecular weight is 144 g/mol. The second-order valence-electron chi connectivity index (χ2n) is 2.58. The Morgan fingerprint density at radius 3 is 3.27 bits per heavy atom. The molecule has 11 heavy (non-hydrogen) atoms. The third-order valence-electron chi connectivity index (χ3n) is 1.83. The molecule has 1 aliphatic heterocycles. The molecule has 54 valence electrons. The molecule has 0 atom stereocenters. The Morgan fingerprint density at radius 1 is 1.55 bits per heavy atom. The van der Waals surface area contributed by atoms with Gasteiger partial charge in [-0.3, -0.25) is 4.98 Å². The van der Waals surface area contributed by atoms with Crippen LogP contribution in [0, 0.1) is 12.3 Å².